The average Bonchev–Trinajstić information content (AvgIpc) is 2.87. The number of fused-ring (bicyclic) bond motifs is 2. The largest absolute Gasteiger partial charge is 0.240 e. The van der Waals surface area contributed by atoms with Crippen LogP contribution in [-0.2, 0) is 10.0 Å². The first-order chi connectivity index (χ1) is 9.65. The molecule has 3 atom stereocenters. The summed E-state index contributed by atoms with van der Waals surface area (Å²) in [5.41, 5.74) is 1.21. The van der Waals surface area contributed by atoms with E-state index in [2.05, 4.69) is 25.5 Å². The second kappa shape index (κ2) is 4.56. The fourth-order valence-corrected chi connectivity index (χ4v) is 6.07. The zero-order chi connectivity index (χ0) is 15.5. The van der Waals surface area contributed by atoms with Crippen molar-refractivity contribution in [2.45, 2.75) is 57.9 Å². The predicted octanol–water partition coefficient (Wildman–Crippen LogP) is 3.49. The Bertz CT molecular complexity index is 643. The SMILES string of the molecule is Cc1ccc(S(=O)(=O)N[C@@H]2C(C)(C)[C@@H]3CC[C@@]2(C)C3)cc1. The maximum atomic E-state index is 12.7. The second-order valence-corrected chi connectivity index (χ2v) is 9.50. The summed E-state index contributed by atoms with van der Waals surface area (Å²) in [6.45, 7) is 8.63. The van der Waals surface area contributed by atoms with Gasteiger partial charge in [0, 0.05) is 6.04 Å². The van der Waals surface area contributed by atoms with Gasteiger partial charge in [0.2, 0.25) is 10.0 Å². The summed E-state index contributed by atoms with van der Waals surface area (Å²) in [6.07, 6.45) is 3.50. The van der Waals surface area contributed by atoms with Gasteiger partial charge in [0.25, 0.3) is 0 Å². The van der Waals surface area contributed by atoms with Crippen LogP contribution in [0.2, 0.25) is 0 Å². The molecule has 21 heavy (non-hydrogen) atoms. The van der Waals surface area contributed by atoms with Crippen LogP contribution in [-0.4, -0.2) is 14.5 Å². The molecule has 2 aliphatic carbocycles. The Balaban J connectivity index is 1.91. The number of sulfonamides is 1. The molecule has 1 aromatic carbocycles. The fourth-order valence-electron chi connectivity index (χ4n) is 4.54. The van der Waals surface area contributed by atoms with Gasteiger partial charge in [-0.2, -0.15) is 0 Å². The normalized spacial score (nSPS) is 34.3. The molecule has 1 aromatic rings. The topological polar surface area (TPSA) is 46.2 Å². The zero-order valence-corrected chi connectivity index (χ0v) is 14.1. The van der Waals surface area contributed by atoms with Gasteiger partial charge in [-0.1, -0.05) is 38.5 Å². The van der Waals surface area contributed by atoms with Crippen molar-refractivity contribution in [3.05, 3.63) is 29.8 Å². The van der Waals surface area contributed by atoms with Gasteiger partial charge in [0.1, 0.15) is 0 Å². The Hall–Kier alpha value is -0.870. The van der Waals surface area contributed by atoms with Gasteiger partial charge in [0.05, 0.1) is 4.90 Å². The van der Waals surface area contributed by atoms with E-state index < -0.39 is 10.0 Å². The first kappa shape index (κ1) is 15.0. The molecular formula is C17H25NO2S. The summed E-state index contributed by atoms with van der Waals surface area (Å²) in [5, 5.41) is 0. The van der Waals surface area contributed by atoms with E-state index in [0.29, 0.717) is 10.8 Å². The van der Waals surface area contributed by atoms with Crippen LogP contribution in [0.25, 0.3) is 0 Å². The first-order valence-electron chi connectivity index (χ1n) is 7.74. The highest BCUT2D eigenvalue weighted by Gasteiger charge is 2.60. The Kier molecular flexibility index (Phi) is 3.27. The van der Waals surface area contributed by atoms with Crippen LogP contribution in [0.3, 0.4) is 0 Å². The first-order valence-corrected chi connectivity index (χ1v) is 9.22. The molecule has 4 heteroatoms. The van der Waals surface area contributed by atoms with Gasteiger partial charge < -0.3 is 0 Å². The highest BCUT2D eigenvalue weighted by Crippen LogP contribution is 2.62. The smallest absolute Gasteiger partial charge is 0.207 e. The maximum absolute atomic E-state index is 12.7. The van der Waals surface area contributed by atoms with Crippen molar-refractivity contribution in [1.29, 1.82) is 0 Å². The van der Waals surface area contributed by atoms with Gasteiger partial charge in [0.15, 0.2) is 0 Å². The quantitative estimate of drug-likeness (QED) is 0.929. The van der Waals surface area contributed by atoms with E-state index in [0.717, 1.165) is 18.4 Å². The molecule has 2 bridgehead atoms. The molecule has 3 nitrogen and oxygen atoms in total. The minimum absolute atomic E-state index is 0.0232. The van der Waals surface area contributed by atoms with Gasteiger partial charge in [-0.25, -0.2) is 13.1 Å². The van der Waals surface area contributed by atoms with E-state index in [1.807, 2.05) is 19.1 Å². The molecule has 2 aliphatic rings. The summed E-state index contributed by atoms with van der Waals surface area (Å²) >= 11 is 0. The molecule has 0 amide bonds. The van der Waals surface area contributed by atoms with E-state index in [9.17, 15) is 8.42 Å². The van der Waals surface area contributed by atoms with Crippen molar-refractivity contribution in [3.8, 4) is 0 Å². The lowest BCUT2D eigenvalue weighted by Crippen LogP contribution is -2.52. The Labute approximate surface area is 128 Å². The Morgan fingerprint density at radius 2 is 1.76 bits per heavy atom. The number of benzene rings is 1. The standard InChI is InChI=1S/C17H25NO2S/c1-12-5-7-14(8-6-12)21(19,20)18-15-16(2,3)13-9-10-17(15,4)11-13/h5-8,13,15,18H,9-11H2,1-4H3/t13-,15-,17+/m1/s1. The Morgan fingerprint density at radius 3 is 2.29 bits per heavy atom. The van der Waals surface area contributed by atoms with Gasteiger partial charge in [-0.05, 0) is 55.1 Å². The number of aryl methyl sites for hydroxylation is 1. The van der Waals surface area contributed by atoms with Crippen molar-refractivity contribution in [2.24, 2.45) is 16.7 Å². The molecule has 0 heterocycles. The van der Waals surface area contributed by atoms with E-state index in [-0.39, 0.29) is 16.9 Å². The average molecular weight is 307 g/mol. The molecular weight excluding hydrogens is 282 g/mol. The van der Waals surface area contributed by atoms with Gasteiger partial charge in [-0.15, -0.1) is 0 Å². The van der Waals surface area contributed by atoms with Crippen LogP contribution in [0.15, 0.2) is 29.2 Å². The monoisotopic (exact) mass is 307 g/mol. The van der Waals surface area contributed by atoms with E-state index in [1.165, 1.54) is 6.42 Å². The molecule has 1 N–H and O–H groups in total. The van der Waals surface area contributed by atoms with E-state index in [1.54, 1.807) is 12.1 Å². The van der Waals surface area contributed by atoms with Crippen molar-refractivity contribution in [3.63, 3.8) is 0 Å². The summed E-state index contributed by atoms with van der Waals surface area (Å²) in [6, 6.07) is 7.11. The highest BCUT2D eigenvalue weighted by atomic mass is 32.2. The van der Waals surface area contributed by atoms with Crippen LogP contribution >= 0.6 is 0 Å². The van der Waals surface area contributed by atoms with Crippen molar-refractivity contribution in [1.82, 2.24) is 4.72 Å². The van der Waals surface area contributed by atoms with Crippen molar-refractivity contribution < 1.29 is 8.42 Å². The van der Waals surface area contributed by atoms with Crippen LogP contribution in [0, 0.1) is 23.7 Å². The molecule has 0 radical (unpaired) electrons. The van der Waals surface area contributed by atoms with E-state index >= 15 is 0 Å². The summed E-state index contributed by atoms with van der Waals surface area (Å²) in [7, 11) is -3.44. The summed E-state index contributed by atoms with van der Waals surface area (Å²) < 4.78 is 28.4. The minimum atomic E-state index is -3.44. The lowest BCUT2D eigenvalue weighted by molar-refractivity contribution is 0.127. The van der Waals surface area contributed by atoms with Crippen LogP contribution in [0.4, 0.5) is 0 Å². The predicted molar refractivity (Wildman–Crippen MR) is 84.5 cm³/mol. The molecule has 2 saturated carbocycles. The lowest BCUT2D eigenvalue weighted by atomic mass is 9.69. The minimum Gasteiger partial charge on any atom is -0.207 e. The fraction of sp³-hybridized carbons (Fsp3) is 0.647. The molecule has 2 fully saturated rings. The summed E-state index contributed by atoms with van der Waals surface area (Å²) in [4.78, 5) is 0.371. The molecule has 0 aliphatic heterocycles. The number of nitrogens with one attached hydrogen (secondary N) is 1. The number of rotatable bonds is 3. The third-order valence-corrected chi connectivity index (χ3v) is 7.31. The number of hydrogen-bond acceptors (Lipinski definition) is 2. The highest BCUT2D eigenvalue weighted by molar-refractivity contribution is 7.89. The zero-order valence-electron chi connectivity index (χ0n) is 13.3. The molecule has 0 unspecified atom stereocenters. The van der Waals surface area contributed by atoms with E-state index in [4.69, 9.17) is 0 Å². The van der Waals surface area contributed by atoms with Gasteiger partial charge >= 0.3 is 0 Å². The van der Waals surface area contributed by atoms with Crippen LogP contribution < -0.4 is 4.72 Å². The number of hydrogen-bond donors (Lipinski definition) is 1. The Morgan fingerprint density at radius 1 is 1.14 bits per heavy atom. The molecule has 116 valence electrons. The molecule has 0 saturated heterocycles. The molecule has 0 spiro atoms. The third kappa shape index (κ3) is 2.33. The second-order valence-electron chi connectivity index (χ2n) is 7.78. The summed E-state index contributed by atoms with van der Waals surface area (Å²) in [5.74, 6) is 0.633. The van der Waals surface area contributed by atoms with Crippen LogP contribution in [0.1, 0.15) is 45.6 Å². The van der Waals surface area contributed by atoms with Crippen molar-refractivity contribution >= 4 is 10.0 Å². The van der Waals surface area contributed by atoms with Crippen LogP contribution in [0.5, 0.6) is 0 Å². The lowest BCUT2D eigenvalue weighted by Gasteiger charge is -2.42. The molecule has 3 rings (SSSR count). The maximum Gasteiger partial charge on any atom is 0.240 e. The third-order valence-electron chi connectivity index (χ3n) is 5.87. The van der Waals surface area contributed by atoms with Gasteiger partial charge in [-0.3, -0.25) is 0 Å². The van der Waals surface area contributed by atoms with Crippen molar-refractivity contribution in [2.75, 3.05) is 0 Å². The molecule has 0 aromatic heterocycles.